The Labute approximate surface area is 261 Å². The predicted molar refractivity (Wildman–Crippen MR) is 163 cm³/mol. The highest BCUT2D eigenvalue weighted by Crippen LogP contribution is 2.49. The van der Waals surface area contributed by atoms with Gasteiger partial charge in [0.1, 0.15) is 0 Å². The van der Waals surface area contributed by atoms with E-state index in [-0.39, 0.29) is 30.3 Å². The molecule has 0 bridgehead atoms. The van der Waals surface area contributed by atoms with Crippen molar-refractivity contribution in [3.63, 3.8) is 0 Å². The second-order valence-corrected chi connectivity index (χ2v) is 12.3. The molecule has 2 aliphatic heterocycles. The fraction of sp³-hybridized carbons (Fsp3) is 0.273. The standard InChI is InChI=1S/C33H28F2N6O3S/c1-17-5-6-19(15-36-17)8-10-23-27(32-40-39-18(2)44-32)28(29-30(38-23)24-4-3-13-41(24)33(29)43)25-11-12-26(45-25)31(42)37-16-20-7-9-21(34)22(35)14-20/h5-7,9,11-12,14-15,24H,3-4,8,10,13,16H2,1-2H3,(H,37,42)/t24-/m0/s1. The van der Waals surface area contributed by atoms with Crippen LogP contribution in [-0.4, -0.2) is 43.4 Å². The van der Waals surface area contributed by atoms with Crippen molar-refractivity contribution in [3.05, 3.63) is 105 Å². The molecule has 0 spiro atoms. The summed E-state index contributed by atoms with van der Waals surface area (Å²) in [6.45, 7) is 4.32. The summed E-state index contributed by atoms with van der Waals surface area (Å²) in [6.07, 6.45) is 4.78. The third kappa shape index (κ3) is 5.39. The van der Waals surface area contributed by atoms with Crippen LogP contribution in [-0.2, 0) is 19.4 Å². The van der Waals surface area contributed by atoms with Gasteiger partial charge in [0, 0.05) is 42.3 Å². The molecule has 0 unspecified atom stereocenters. The number of nitrogens with one attached hydrogen (secondary N) is 1. The predicted octanol–water partition coefficient (Wildman–Crippen LogP) is 6.16. The van der Waals surface area contributed by atoms with E-state index in [0.717, 1.165) is 47.6 Å². The van der Waals surface area contributed by atoms with Crippen molar-refractivity contribution in [1.82, 2.24) is 30.4 Å². The van der Waals surface area contributed by atoms with Crippen molar-refractivity contribution < 1.29 is 22.8 Å². The molecule has 1 aromatic carbocycles. The molecule has 1 saturated heterocycles. The van der Waals surface area contributed by atoms with E-state index < -0.39 is 11.6 Å². The molecule has 7 rings (SSSR count). The maximum atomic E-state index is 13.9. The van der Waals surface area contributed by atoms with E-state index in [4.69, 9.17) is 9.40 Å². The van der Waals surface area contributed by atoms with Crippen LogP contribution in [0, 0.1) is 25.5 Å². The third-order valence-corrected chi connectivity index (χ3v) is 9.32. The third-order valence-electron chi connectivity index (χ3n) is 8.22. The van der Waals surface area contributed by atoms with E-state index in [0.29, 0.717) is 57.3 Å². The number of amides is 2. The number of rotatable bonds is 8. The van der Waals surface area contributed by atoms with Gasteiger partial charge in [-0.3, -0.25) is 19.6 Å². The number of benzene rings is 1. The first-order chi connectivity index (χ1) is 21.8. The van der Waals surface area contributed by atoms with Gasteiger partial charge in [-0.05, 0) is 74.1 Å². The Kier molecular flexibility index (Phi) is 7.44. The minimum Gasteiger partial charge on any atom is -0.421 e. The molecule has 5 aromatic rings. The summed E-state index contributed by atoms with van der Waals surface area (Å²) in [6, 6.07) is 10.9. The smallest absolute Gasteiger partial charge is 0.261 e. The Bertz CT molecular complexity index is 1950. The summed E-state index contributed by atoms with van der Waals surface area (Å²) in [5.74, 6) is -1.77. The van der Waals surface area contributed by atoms with Crippen LogP contribution in [0.1, 0.15) is 73.0 Å². The fourth-order valence-corrected chi connectivity index (χ4v) is 7.01. The van der Waals surface area contributed by atoms with Crippen LogP contribution in [0.3, 0.4) is 0 Å². The number of carbonyl (C=O) groups is 2. The lowest BCUT2D eigenvalue weighted by Crippen LogP contribution is -2.23. The van der Waals surface area contributed by atoms with E-state index in [1.807, 2.05) is 36.2 Å². The zero-order chi connectivity index (χ0) is 31.2. The van der Waals surface area contributed by atoms with Crippen molar-refractivity contribution >= 4 is 23.2 Å². The molecule has 2 amide bonds. The highest BCUT2D eigenvalue weighted by molar-refractivity contribution is 7.17. The number of hydrogen-bond acceptors (Lipinski definition) is 8. The van der Waals surface area contributed by atoms with Crippen molar-refractivity contribution in [1.29, 1.82) is 0 Å². The molecule has 0 aliphatic carbocycles. The molecule has 45 heavy (non-hydrogen) atoms. The number of carbonyl (C=O) groups excluding carboxylic acids is 2. The molecule has 1 atom stereocenters. The van der Waals surface area contributed by atoms with Gasteiger partial charge >= 0.3 is 0 Å². The topological polar surface area (TPSA) is 114 Å². The van der Waals surface area contributed by atoms with Crippen LogP contribution in [0.5, 0.6) is 0 Å². The molecule has 0 radical (unpaired) electrons. The fourth-order valence-electron chi connectivity index (χ4n) is 6.03. The lowest BCUT2D eigenvalue weighted by Gasteiger charge is -2.16. The van der Waals surface area contributed by atoms with Gasteiger partial charge in [0.05, 0.1) is 33.4 Å². The zero-order valence-electron chi connectivity index (χ0n) is 24.6. The normalized spacial score (nSPS) is 15.4. The lowest BCUT2D eigenvalue weighted by atomic mass is 9.93. The summed E-state index contributed by atoms with van der Waals surface area (Å²) in [5, 5.41) is 11.2. The largest absolute Gasteiger partial charge is 0.421 e. The van der Waals surface area contributed by atoms with Crippen LogP contribution in [0.2, 0.25) is 0 Å². The van der Waals surface area contributed by atoms with Crippen LogP contribution in [0.15, 0.2) is 53.1 Å². The number of halogens is 2. The van der Waals surface area contributed by atoms with E-state index >= 15 is 0 Å². The molecule has 1 N–H and O–H groups in total. The minimum absolute atomic E-state index is 0.0214. The number of fused-ring (bicyclic) bond motifs is 3. The number of pyridine rings is 2. The van der Waals surface area contributed by atoms with Crippen LogP contribution in [0.4, 0.5) is 8.78 Å². The molecular formula is C33H28F2N6O3S. The van der Waals surface area contributed by atoms with Crippen molar-refractivity contribution in [2.75, 3.05) is 6.54 Å². The Morgan fingerprint density at radius 3 is 2.62 bits per heavy atom. The first-order valence-electron chi connectivity index (χ1n) is 14.7. The molecule has 6 heterocycles. The maximum Gasteiger partial charge on any atom is 0.261 e. The average Bonchev–Trinajstić information content (AvgIpc) is 3.84. The lowest BCUT2D eigenvalue weighted by molar-refractivity contribution is 0.0776. The zero-order valence-corrected chi connectivity index (χ0v) is 25.4. The second-order valence-electron chi connectivity index (χ2n) is 11.3. The molecule has 12 heteroatoms. The number of hydrogen-bond donors (Lipinski definition) is 1. The Morgan fingerprint density at radius 2 is 1.87 bits per heavy atom. The number of nitrogens with zero attached hydrogens (tertiary/aromatic N) is 5. The Balaban J connectivity index is 1.31. The minimum atomic E-state index is -0.977. The van der Waals surface area contributed by atoms with Gasteiger partial charge in [-0.1, -0.05) is 12.1 Å². The molecule has 228 valence electrons. The molecule has 0 saturated carbocycles. The first-order valence-corrected chi connectivity index (χ1v) is 15.5. The highest BCUT2D eigenvalue weighted by Gasteiger charge is 2.44. The van der Waals surface area contributed by atoms with E-state index in [1.54, 1.807) is 13.0 Å². The average molecular weight is 627 g/mol. The number of aryl methyl sites for hydroxylation is 4. The van der Waals surface area contributed by atoms with Crippen molar-refractivity contribution in [3.8, 4) is 21.9 Å². The summed E-state index contributed by atoms with van der Waals surface area (Å²) < 4.78 is 33.0. The SMILES string of the molecule is Cc1ccc(CCc2nc3c(c(-c4ccc(C(=O)NCc5ccc(F)c(F)c5)s4)c2-c2nnc(C)o2)C(=O)N2CCC[C@@H]32)cn1. The van der Waals surface area contributed by atoms with E-state index in [9.17, 15) is 18.4 Å². The Hall–Kier alpha value is -4.84. The summed E-state index contributed by atoms with van der Waals surface area (Å²) in [7, 11) is 0. The van der Waals surface area contributed by atoms with Crippen molar-refractivity contribution in [2.45, 2.75) is 52.1 Å². The van der Waals surface area contributed by atoms with Gasteiger partial charge < -0.3 is 14.6 Å². The highest BCUT2D eigenvalue weighted by atomic mass is 32.1. The monoisotopic (exact) mass is 626 g/mol. The molecule has 4 aromatic heterocycles. The van der Waals surface area contributed by atoms with Gasteiger partial charge in [-0.25, -0.2) is 8.78 Å². The molecular weight excluding hydrogens is 598 g/mol. The molecule has 9 nitrogen and oxygen atoms in total. The van der Waals surface area contributed by atoms with E-state index in [1.165, 1.54) is 17.4 Å². The number of aromatic nitrogens is 4. The van der Waals surface area contributed by atoms with Crippen LogP contribution >= 0.6 is 11.3 Å². The molecule has 2 aliphatic rings. The summed E-state index contributed by atoms with van der Waals surface area (Å²) >= 11 is 1.23. The van der Waals surface area contributed by atoms with Crippen LogP contribution < -0.4 is 5.32 Å². The van der Waals surface area contributed by atoms with Gasteiger partial charge in [0.2, 0.25) is 11.8 Å². The van der Waals surface area contributed by atoms with Gasteiger partial charge in [0.25, 0.3) is 11.8 Å². The van der Waals surface area contributed by atoms with Crippen LogP contribution in [0.25, 0.3) is 21.9 Å². The molecule has 1 fully saturated rings. The van der Waals surface area contributed by atoms with Gasteiger partial charge in [-0.2, -0.15) is 0 Å². The number of thiophene rings is 1. The van der Waals surface area contributed by atoms with Crippen molar-refractivity contribution in [2.24, 2.45) is 0 Å². The first kappa shape index (κ1) is 28.9. The van der Waals surface area contributed by atoms with Gasteiger partial charge in [-0.15, -0.1) is 21.5 Å². The Morgan fingerprint density at radius 1 is 1.02 bits per heavy atom. The maximum absolute atomic E-state index is 13.9. The quantitative estimate of drug-likeness (QED) is 0.220. The summed E-state index contributed by atoms with van der Waals surface area (Å²) in [5.41, 5.74) is 5.59. The summed E-state index contributed by atoms with van der Waals surface area (Å²) in [4.78, 5) is 39.6. The van der Waals surface area contributed by atoms with Gasteiger partial charge in [0.15, 0.2) is 11.6 Å². The van der Waals surface area contributed by atoms with E-state index in [2.05, 4.69) is 20.5 Å². The second kappa shape index (κ2) is 11.6.